The van der Waals surface area contributed by atoms with Crippen molar-refractivity contribution in [3.63, 3.8) is 0 Å². The number of methoxy groups -OCH3 is 1. The Morgan fingerprint density at radius 2 is 1.72 bits per heavy atom. The Morgan fingerprint density at radius 1 is 0.920 bits per heavy atom. The Kier molecular flexibility index (Phi) is 4.95. The van der Waals surface area contributed by atoms with Gasteiger partial charge in [-0.3, -0.25) is 4.79 Å². The fraction of sp³-hybridized carbons (Fsp3) is 0.100. The first-order valence-electron chi connectivity index (χ1n) is 7.75. The normalized spacial score (nSPS) is 10.3. The Morgan fingerprint density at radius 3 is 2.52 bits per heavy atom. The SMILES string of the molecule is COc1cccc(NC(=O)COC(=O)c2ccc3ccccc3c2)c1. The van der Waals surface area contributed by atoms with Crippen molar-refractivity contribution in [2.45, 2.75) is 0 Å². The van der Waals surface area contributed by atoms with Crippen LogP contribution in [0.1, 0.15) is 10.4 Å². The molecular formula is C20H17NO4. The predicted octanol–water partition coefficient (Wildman–Crippen LogP) is 3.64. The number of ether oxygens (including phenoxy) is 2. The van der Waals surface area contributed by atoms with Gasteiger partial charge in [-0.2, -0.15) is 0 Å². The van der Waals surface area contributed by atoms with E-state index < -0.39 is 11.9 Å². The molecule has 0 saturated heterocycles. The highest BCUT2D eigenvalue weighted by Gasteiger charge is 2.11. The molecule has 0 atom stereocenters. The first-order valence-corrected chi connectivity index (χ1v) is 7.75. The molecule has 0 fully saturated rings. The van der Waals surface area contributed by atoms with Crippen LogP contribution in [0.4, 0.5) is 5.69 Å². The molecule has 3 aromatic carbocycles. The van der Waals surface area contributed by atoms with Gasteiger partial charge in [-0.1, -0.05) is 36.4 Å². The van der Waals surface area contributed by atoms with Crippen molar-refractivity contribution < 1.29 is 19.1 Å². The molecule has 1 amide bonds. The van der Waals surface area contributed by atoms with Gasteiger partial charge in [-0.15, -0.1) is 0 Å². The number of benzene rings is 3. The average molecular weight is 335 g/mol. The van der Waals surface area contributed by atoms with E-state index in [0.29, 0.717) is 17.0 Å². The summed E-state index contributed by atoms with van der Waals surface area (Å²) in [5.74, 6) is -0.320. The van der Waals surface area contributed by atoms with Gasteiger partial charge in [0.15, 0.2) is 6.61 Å². The van der Waals surface area contributed by atoms with E-state index in [4.69, 9.17) is 9.47 Å². The maximum absolute atomic E-state index is 12.1. The Bertz CT molecular complexity index is 920. The van der Waals surface area contributed by atoms with Gasteiger partial charge in [0, 0.05) is 11.8 Å². The zero-order valence-corrected chi connectivity index (χ0v) is 13.7. The zero-order valence-electron chi connectivity index (χ0n) is 13.7. The minimum Gasteiger partial charge on any atom is -0.497 e. The molecule has 3 rings (SSSR count). The summed E-state index contributed by atoms with van der Waals surface area (Å²) in [4.78, 5) is 24.1. The van der Waals surface area contributed by atoms with Gasteiger partial charge in [0.25, 0.3) is 5.91 Å². The third-order valence-electron chi connectivity index (χ3n) is 3.67. The molecule has 126 valence electrons. The van der Waals surface area contributed by atoms with Crippen LogP contribution in [0.2, 0.25) is 0 Å². The van der Waals surface area contributed by atoms with Crippen LogP contribution in [0.3, 0.4) is 0 Å². The van der Waals surface area contributed by atoms with Gasteiger partial charge in [-0.05, 0) is 35.0 Å². The van der Waals surface area contributed by atoms with Crippen LogP contribution >= 0.6 is 0 Å². The number of carbonyl (C=O) groups excluding carboxylic acids is 2. The van der Waals surface area contributed by atoms with Crippen LogP contribution in [0.15, 0.2) is 66.7 Å². The molecule has 0 heterocycles. The number of nitrogens with one attached hydrogen (secondary N) is 1. The molecular weight excluding hydrogens is 318 g/mol. The number of carbonyl (C=O) groups is 2. The van der Waals surface area contributed by atoms with E-state index in [2.05, 4.69) is 5.32 Å². The summed E-state index contributed by atoms with van der Waals surface area (Å²) < 4.78 is 10.2. The second-order valence-corrected chi connectivity index (χ2v) is 5.42. The molecule has 3 aromatic rings. The van der Waals surface area contributed by atoms with Crippen molar-refractivity contribution in [2.75, 3.05) is 19.0 Å². The highest BCUT2D eigenvalue weighted by Crippen LogP contribution is 2.17. The number of esters is 1. The minimum atomic E-state index is -0.536. The zero-order chi connectivity index (χ0) is 17.6. The number of amides is 1. The molecule has 0 unspecified atom stereocenters. The third-order valence-corrected chi connectivity index (χ3v) is 3.67. The fourth-order valence-corrected chi connectivity index (χ4v) is 2.43. The molecule has 0 aromatic heterocycles. The molecule has 5 nitrogen and oxygen atoms in total. The van der Waals surface area contributed by atoms with E-state index >= 15 is 0 Å². The highest BCUT2D eigenvalue weighted by molar-refractivity contribution is 5.98. The topological polar surface area (TPSA) is 64.6 Å². The van der Waals surface area contributed by atoms with E-state index in [0.717, 1.165) is 10.8 Å². The summed E-state index contributed by atoms with van der Waals surface area (Å²) in [6.45, 7) is -0.358. The number of anilines is 1. The van der Waals surface area contributed by atoms with Gasteiger partial charge in [0.05, 0.1) is 12.7 Å². The Labute approximate surface area is 145 Å². The second-order valence-electron chi connectivity index (χ2n) is 5.42. The smallest absolute Gasteiger partial charge is 0.338 e. The lowest BCUT2D eigenvalue weighted by molar-refractivity contribution is -0.119. The molecule has 5 heteroatoms. The van der Waals surface area contributed by atoms with Crippen LogP contribution in [-0.4, -0.2) is 25.6 Å². The van der Waals surface area contributed by atoms with Gasteiger partial charge < -0.3 is 14.8 Å². The number of fused-ring (bicyclic) bond motifs is 1. The summed E-state index contributed by atoms with van der Waals surface area (Å²) in [6.07, 6.45) is 0. The Balaban J connectivity index is 1.59. The number of rotatable bonds is 5. The van der Waals surface area contributed by atoms with Crippen LogP contribution in [0, 0.1) is 0 Å². The summed E-state index contributed by atoms with van der Waals surface area (Å²) in [5.41, 5.74) is 0.985. The number of hydrogen-bond donors (Lipinski definition) is 1. The summed E-state index contributed by atoms with van der Waals surface area (Å²) in [5, 5.41) is 4.64. The summed E-state index contributed by atoms with van der Waals surface area (Å²) in [7, 11) is 1.55. The summed E-state index contributed by atoms with van der Waals surface area (Å²) in [6, 6.07) is 19.9. The quantitative estimate of drug-likeness (QED) is 0.723. The minimum absolute atomic E-state index is 0.358. The van der Waals surface area contributed by atoms with E-state index in [1.165, 1.54) is 0 Å². The molecule has 0 aliphatic rings. The standard InChI is InChI=1S/C20H17NO4/c1-24-18-8-4-7-17(12-18)21-19(22)13-25-20(23)16-10-9-14-5-2-3-6-15(14)11-16/h2-12H,13H2,1H3,(H,21,22). The maximum atomic E-state index is 12.1. The van der Waals surface area contributed by atoms with Crippen molar-refractivity contribution in [1.29, 1.82) is 0 Å². The molecule has 0 saturated carbocycles. The van der Waals surface area contributed by atoms with Crippen LogP contribution in [0.5, 0.6) is 5.75 Å². The average Bonchev–Trinajstić information content (AvgIpc) is 2.65. The van der Waals surface area contributed by atoms with E-state index in [9.17, 15) is 9.59 Å². The molecule has 0 bridgehead atoms. The number of hydrogen-bond acceptors (Lipinski definition) is 4. The molecule has 1 N–H and O–H groups in total. The van der Waals surface area contributed by atoms with Gasteiger partial charge >= 0.3 is 5.97 Å². The van der Waals surface area contributed by atoms with Gasteiger partial charge in [0.1, 0.15) is 5.75 Å². The van der Waals surface area contributed by atoms with E-state index in [1.807, 2.05) is 30.3 Å². The molecule has 0 aliphatic carbocycles. The second kappa shape index (κ2) is 7.49. The molecule has 0 aliphatic heterocycles. The first kappa shape index (κ1) is 16.5. The highest BCUT2D eigenvalue weighted by atomic mass is 16.5. The van der Waals surface area contributed by atoms with Crippen molar-refractivity contribution >= 4 is 28.3 Å². The van der Waals surface area contributed by atoms with Gasteiger partial charge in [0.2, 0.25) is 0 Å². The lowest BCUT2D eigenvalue weighted by atomic mass is 10.1. The molecule has 25 heavy (non-hydrogen) atoms. The lowest BCUT2D eigenvalue weighted by Gasteiger charge is -2.08. The third kappa shape index (κ3) is 4.14. The van der Waals surface area contributed by atoms with E-state index in [1.54, 1.807) is 43.5 Å². The Hall–Kier alpha value is -3.34. The predicted molar refractivity (Wildman–Crippen MR) is 95.9 cm³/mol. The monoisotopic (exact) mass is 335 g/mol. The largest absolute Gasteiger partial charge is 0.497 e. The van der Waals surface area contributed by atoms with Crippen molar-refractivity contribution in [2.24, 2.45) is 0 Å². The van der Waals surface area contributed by atoms with Crippen molar-refractivity contribution in [3.05, 3.63) is 72.3 Å². The fourth-order valence-electron chi connectivity index (χ4n) is 2.43. The van der Waals surface area contributed by atoms with Crippen molar-refractivity contribution in [1.82, 2.24) is 0 Å². The molecule has 0 radical (unpaired) electrons. The first-order chi connectivity index (χ1) is 12.2. The van der Waals surface area contributed by atoms with Gasteiger partial charge in [-0.25, -0.2) is 4.79 Å². The van der Waals surface area contributed by atoms with Crippen LogP contribution in [0.25, 0.3) is 10.8 Å². The van der Waals surface area contributed by atoms with Crippen LogP contribution < -0.4 is 10.1 Å². The van der Waals surface area contributed by atoms with Crippen molar-refractivity contribution in [3.8, 4) is 5.75 Å². The lowest BCUT2D eigenvalue weighted by Crippen LogP contribution is -2.20. The van der Waals surface area contributed by atoms with Crippen LogP contribution in [-0.2, 0) is 9.53 Å². The summed E-state index contributed by atoms with van der Waals surface area (Å²) >= 11 is 0. The maximum Gasteiger partial charge on any atom is 0.338 e. The van der Waals surface area contributed by atoms with E-state index in [-0.39, 0.29) is 6.61 Å². The molecule has 0 spiro atoms.